The number of carbonyl (C=O) groups is 2. The molecule has 2 aromatic carbocycles. The molecule has 37 heavy (non-hydrogen) atoms. The van der Waals surface area contributed by atoms with E-state index in [1.165, 1.54) is 13.3 Å². The van der Waals surface area contributed by atoms with Crippen LogP contribution in [0.1, 0.15) is 78.9 Å². The van der Waals surface area contributed by atoms with E-state index in [-0.39, 0.29) is 22.6 Å². The standard InChI is InChI=1S/C29H35N5O3/c1-18-9-10-19(12-24(18)34-16-21(15-32-34)26(35)31-17-28(2,3)4)27(36)33-23-13-22(29(5,6)7)11-20(14-30)25(23)37-8/h9-13,15-16H,17H2,1-8H3,(H,31,35)(H,33,36). The maximum Gasteiger partial charge on any atom is 0.255 e. The van der Waals surface area contributed by atoms with Crippen LogP contribution in [0.25, 0.3) is 5.69 Å². The zero-order valence-corrected chi connectivity index (χ0v) is 22.8. The molecule has 2 N–H and O–H groups in total. The fourth-order valence-electron chi connectivity index (χ4n) is 3.67. The molecule has 0 aliphatic heterocycles. The molecule has 0 spiro atoms. The quantitative estimate of drug-likeness (QED) is 0.471. The molecule has 0 atom stereocenters. The largest absolute Gasteiger partial charge is 0.493 e. The highest BCUT2D eigenvalue weighted by Gasteiger charge is 2.22. The topological polar surface area (TPSA) is 109 Å². The van der Waals surface area contributed by atoms with Crippen LogP contribution < -0.4 is 15.4 Å². The van der Waals surface area contributed by atoms with Gasteiger partial charge in [-0.2, -0.15) is 10.4 Å². The van der Waals surface area contributed by atoms with Crippen LogP contribution >= 0.6 is 0 Å². The van der Waals surface area contributed by atoms with Gasteiger partial charge in [0.15, 0.2) is 5.75 Å². The van der Waals surface area contributed by atoms with Gasteiger partial charge in [-0.1, -0.05) is 47.6 Å². The average Bonchev–Trinajstić information content (AvgIpc) is 3.31. The first-order valence-corrected chi connectivity index (χ1v) is 12.1. The van der Waals surface area contributed by atoms with Crippen molar-refractivity contribution in [2.24, 2.45) is 5.41 Å². The summed E-state index contributed by atoms with van der Waals surface area (Å²) in [6.07, 6.45) is 3.16. The number of aromatic nitrogens is 2. The summed E-state index contributed by atoms with van der Waals surface area (Å²) in [5.74, 6) is -0.245. The molecule has 1 heterocycles. The predicted molar refractivity (Wildman–Crippen MR) is 144 cm³/mol. The summed E-state index contributed by atoms with van der Waals surface area (Å²) in [6.45, 7) is 14.7. The number of aryl methyl sites for hydroxylation is 1. The lowest BCUT2D eigenvalue weighted by Gasteiger charge is -2.22. The number of methoxy groups -OCH3 is 1. The fraction of sp³-hybridized carbons (Fsp3) is 0.379. The molecule has 0 bridgehead atoms. The molecule has 1 aromatic heterocycles. The van der Waals surface area contributed by atoms with Crippen molar-refractivity contribution in [2.75, 3.05) is 19.0 Å². The SMILES string of the molecule is COc1c(C#N)cc(C(C)(C)C)cc1NC(=O)c1ccc(C)c(-n2cc(C(=O)NCC(C)(C)C)cn2)c1. The van der Waals surface area contributed by atoms with Crippen molar-refractivity contribution in [3.8, 4) is 17.5 Å². The van der Waals surface area contributed by atoms with Gasteiger partial charge in [-0.15, -0.1) is 0 Å². The van der Waals surface area contributed by atoms with E-state index in [2.05, 4.69) is 21.8 Å². The molecular formula is C29H35N5O3. The number of hydrogen-bond acceptors (Lipinski definition) is 5. The molecule has 0 aliphatic carbocycles. The van der Waals surface area contributed by atoms with E-state index in [1.54, 1.807) is 29.1 Å². The number of anilines is 1. The Morgan fingerprint density at radius 3 is 2.35 bits per heavy atom. The van der Waals surface area contributed by atoms with E-state index < -0.39 is 0 Å². The van der Waals surface area contributed by atoms with E-state index in [9.17, 15) is 14.9 Å². The third-order valence-electron chi connectivity index (χ3n) is 5.87. The number of rotatable bonds is 6. The van der Waals surface area contributed by atoms with Gasteiger partial charge in [0.2, 0.25) is 0 Å². The van der Waals surface area contributed by atoms with Crippen molar-refractivity contribution in [2.45, 2.75) is 53.9 Å². The third-order valence-corrected chi connectivity index (χ3v) is 5.87. The average molecular weight is 502 g/mol. The van der Waals surface area contributed by atoms with Crippen molar-refractivity contribution >= 4 is 17.5 Å². The second-order valence-electron chi connectivity index (χ2n) is 11.3. The highest BCUT2D eigenvalue weighted by atomic mass is 16.5. The van der Waals surface area contributed by atoms with Gasteiger partial charge in [-0.05, 0) is 53.1 Å². The number of nitrogens with zero attached hydrogens (tertiary/aromatic N) is 3. The highest BCUT2D eigenvalue weighted by Crippen LogP contribution is 2.35. The number of hydrogen-bond donors (Lipinski definition) is 2. The van der Waals surface area contributed by atoms with Gasteiger partial charge >= 0.3 is 0 Å². The molecule has 194 valence electrons. The van der Waals surface area contributed by atoms with Gasteiger partial charge < -0.3 is 15.4 Å². The second-order valence-corrected chi connectivity index (χ2v) is 11.3. The van der Waals surface area contributed by atoms with Crippen molar-refractivity contribution < 1.29 is 14.3 Å². The summed E-state index contributed by atoms with van der Waals surface area (Å²) < 4.78 is 7.05. The second kappa shape index (κ2) is 10.5. The Morgan fingerprint density at radius 1 is 1.05 bits per heavy atom. The molecule has 0 unspecified atom stereocenters. The summed E-state index contributed by atoms with van der Waals surface area (Å²) >= 11 is 0. The number of nitrogens with one attached hydrogen (secondary N) is 2. The normalized spacial score (nSPS) is 11.5. The number of amides is 2. The van der Waals surface area contributed by atoms with E-state index in [0.29, 0.717) is 40.4 Å². The van der Waals surface area contributed by atoms with E-state index in [4.69, 9.17) is 4.74 Å². The Morgan fingerprint density at radius 2 is 1.76 bits per heavy atom. The highest BCUT2D eigenvalue weighted by molar-refractivity contribution is 6.05. The van der Waals surface area contributed by atoms with Crippen LogP contribution in [-0.2, 0) is 5.41 Å². The van der Waals surface area contributed by atoms with Crippen LogP contribution in [0.5, 0.6) is 5.75 Å². The fourth-order valence-corrected chi connectivity index (χ4v) is 3.67. The lowest BCUT2D eigenvalue weighted by atomic mass is 9.85. The summed E-state index contributed by atoms with van der Waals surface area (Å²) in [5, 5.41) is 19.8. The molecule has 0 aliphatic rings. The van der Waals surface area contributed by atoms with Crippen molar-refractivity contribution in [1.29, 1.82) is 5.26 Å². The monoisotopic (exact) mass is 501 g/mol. The smallest absolute Gasteiger partial charge is 0.255 e. The minimum absolute atomic E-state index is 0.0347. The molecule has 8 heteroatoms. The van der Waals surface area contributed by atoms with Gasteiger partial charge in [0.05, 0.1) is 35.8 Å². The summed E-state index contributed by atoms with van der Waals surface area (Å²) in [4.78, 5) is 25.8. The molecular weight excluding hydrogens is 466 g/mol. The maximum atomic E-state index is 13.3. The van der Waals surface area contributed by atoms with Gasteiger partial charge in [0.1, 0.15) is 6.07 Å². The summed E-state index contributed by atoms with van der Waals surface area (Å²) in [6, 6.07) is 11.0. The van der Waals surface area contributed by atoms with Crippen molar-refractivity contribution in [3.05, 3.63) is 70.5 Å². The Hall–Kier alpha value is -4.12. The van der Waals surface area contributed by atoms with Gasteiger partial charge in [-0.25, -0.2) is 4.68 Å². The molecule has 8 nitrogen and oxygen atoms in total. The van der Waals surface area contributed by atoms with Gasteiger partial charge in [0.25, 0.3) is 11.8 Å². The Balaban J connectivity index is 1.91. The number of ether oxygens (including phenoxy) is 1. The molecule has 2 amide bonds. The maximum absolute atomic E-state index is 13.3. The summed E-state index contributed by atoms with van der Waals surface area (Å²) in [7, 11) is 1.47. The third kappa shape index (κ3) is 6.56. The molecule has 3 aromatic rings. The van der Waals surface area contributed by atoms with E-state index >= 15 is 0 Å². The first kappa shape index (κ1) is 27.5. The van der Waals surface area contributed by atoms with Crippen LogP contribution in [0.15, 0.2) is 42.7 Å². The summed E-state index contributed by atoms with van der Waals surface area (Å²) in [5.41, 5.74) is 3.81. The molecule has 0 saturated heterocycles. The Bertz CT molecular complexity index is 1370. The van der Waals surface area contributed by atoms with Gasteiger partial charge in [0, 0.05) is 18.3 Å². The zero-order chi connectivity index (χ0) is 27.5. The minimum atomic E-state index is -0.357. The molecule has 0 radical (unpaired) electrons. The zero-order valence-electron chi connectivity index (χ0n) is 22.8. The Labute approximate surface area is 218 Å². The first-order chi connectivity index (χ1) is 17.2. The molecule has 3 rings (SSSR count). The molecule has 0 saturated carbocycles. The van der Waals surface area contributed by atoms with E-state index in [0.717, 1.165) is 11.1 Å². The van der Waals surface area contributed by atoms with Gasteiger partial charge in [-0.3, -0.25) is 9.59 Å². The van der Waals surface area contributed by atoms with Crippen LogP contribution in [0.4, 0.5) is 5.69 Å². The first-order valence-electron chi connectivity index (χ1n) is 12.1. The number of carbonyl (C=O) groups excluding carboxylic acids is 2. The van der Waals surface area contributed by atoms with Crippen molar-refractivity contribution in [3.63, 3.8) is 0 Å². The van der Waals surface area contributed by atoms with Crippen LogP contribution in [0.2, 0.25) is 0 Å². The van der Waals surface area contributed by atoms with Crippen molar-refractivity contribution in [1.82, 2.24) is 15.1 Å². The van der Waals surface area contributed by atoms with Crippen LogP contribution in [-0.4, -0.2) is 35.2 Å². The minimum Gasteiger partial charge on any atom is -0.493 e. The lowest BCUT2D eigenvalue weighted by molar-refractivity contribution is 0.0938. The number of nitriles is 1. The number of benzene rings is 2. The lowest BCUT2D eigenvalue weighted by Crippen LogP contribution is -2.32. The Kier molecular flexibility index (Phi) is 7.77. The van der Waals surface area contributed by atoms with Crippen LogP contribution in [0, 0.1) is 23.7 Å². The van der Waals surface area contributed by atoms with E-state index in [1.807, 2.05) is 60.6 Å². The van der Waals surface area contributed by atoms with Crippen LogP contribution in [0.3, 0.4) is 0 Å². The predicted octanol–water partition coefficient (Wildman–Crippen LogP) is 5.39. The molecule has 0 fully saturated rings.